The van der Waals surface area contributed by atoms with Crippen molar-refractivity contribution in [3.8, 4) is 6.07 Å². The number of H-pyrrole nitrogens is 3. The van der Waals surface area contributed by atoms with Crippen LogP contribution in [0, 0.1) is 50.2 Å². The van der Waals surface area contributed by atoms with Crippen molar-refractivity contribution in [1.29, 1.82) is 5.26 Å². The summed E-state index contributed by atoms with van der Waals surface area (Å²) in [6.45, 7) is 11.3. The number of anilines is 6. The summed E-state index contributed by atoms with van der Waals surface area (Å²) >= 11 is 16.5. The SMILES string of the molecule is CN(c1nccc(Nc2cc(C3CC4(CC4)C3)[nH]n2)n1)C1CCC(NC(=O)OC(C)(C)C)CC1.CNC1CCC(NC(=O)OC(C)(C)C)CC1.COC(=O)C1CC2(CC2)C1.Clc1ccnc(Cl)n1.Clc1nccc(Nc2cc(C3CC4(CC4)C3)[nH]n2)n1.N#CCC(=O)C1CC2(CC2)C1.NN.Nc1cc(C2CC3(CC3)C2)[nH]n1.O. The van der Waals surface area contributed by atoms with Gasteiger partial charge in [-0.25, -0.2) is 34.5 Å². The van der Waals surface area contributed by atoms with E-state index in [0.717, 1.165) is 106 Å². The summed E-state index contributed by atoms with van der Waals surface area (Å²) in [5.74, 6) is 14.9. The van der Waals surface area contributed by atoms with Gasteiger partial charge in [0, 0.05) is 109 Å². The predicted octanol–water partition coefficient (Wildman–Crippen LogP) is 14.6. The number of hydrogen-bond donors (Lipinski definition) is 11. The molecule has 0 aromatic carbocycles. The topological polar surface area (TPSA) is 456 Å². The average Bonchev–Trinajstić information content (AvgIpc) is 1.61. The van der Waals surface area contributed by atoms with Crippen LogP contribution >= 0.6 is 34.8 Å². The van der Waals surface area contributed by atoms with Gasteiger partial charge in [-0.15, -0.1) is 0 Å². The van der Waals surface area contributed by atoms with Crippen LogP contribution in [-0.2, 0) is 23.8 Å². The number of aromatic amines is 3. The van der Waals surface area contributed by atoms with Gasteiger partial charge in [0.25, 0.3) is 0 Å². The number of hydrazine groups is 1. The Morgan fingerprint density at radius 1 is 0.549 bits per heavy atom. The standard InChI is InChI=1S/C25H37N7O2.C13H14ClN5.C12H24N2O2.C9H13N3.C9H11NO.C8H12O2.C4H2Cl2N2.H4N2.H2O/c1-24(2,3)34-23(33)27-17-5-7-18(8-6-17)32(4)22-26-12-9-20(29-22)28-21-13-19(30-31-21)16-14-25(15-16)10-11-25;14-12-15-4-1-10(17-12)16-11-5-9(18-19-11)8-6-13(7-8)2-3-13;1-12(2,3)16-11(15)14-10-7-5-9(13-4)6-8-10;10-8-3-7(11-12-8)6-4-9(5-6)1-2-9;10-4-1-8(11)7-5-9(6-7)2-3-9;1-10-7(9)6-4-8(5-6)2-3-8;5-3-1-2-7-4(6)8-3;1-2;/h9,12-13,16-18H,5-8,10-11,14-15H2,1-4H3,(H,27,33)(H2,26,28,29,30,31);1,4-5,8H,2-3,6-7H2,(H2,15,16,17,18,19);9-10,13H,5-8H2,1-4H3,(H,14,15);3,6H,1-2,4-5H2,(H3,10,11,12);7H,1-3,5-6H2;6H,2-5H2,1H3;1-2H;1-2H2;1H2. The third kappa shape index (κ3) is 25.7. The summed E-state index contributed by atoms with van der Waals surface area (Å²) in [4.78, 5) is 72.1. The third-order valence-electron chi connectivity index (χ3n) is 24.5. The van der Waals surface area contributed by atoms with Gasteiger partial charge in [0.05, 0.1) is 25.5 Å². The molecule has 6 aromatic heterocycles. The van der Waals surface area contributed by atoms with Gasteiger partial charge >= 0.3 is 18.2 Å². The minimum absolute atomic E-state index is 0. The molecular formula is C80H119Cl3N22O8. The predicted molar refractivity (Wildman–Crippen MR) is 435 cm³/mol. The number of nitrogens with zero attached hydrogens (tertiary/aromatic N) is 11. The number of nitrogens with two attached hydrogens (primary N) is 3. The maximum atomic E-state index is 12.1. The van der Waals surface area contributed by atoms with Crippen LogP contribution in [0.1, 0.15) is 263 Å². The van der Waals surface area contributed by atoms with E-state index >= 15 is 0 Å². The number of Topliss-reactive ketones (excluding diaryl/α,β-unsaturated/α-hetero) is 1. The molecule has 0 saturated heterocycles. The fourth-order valence-electron chi connectivity index (χ4n) is 16.9. The number of halogens is 3. The van der Waals surface area contributed by atoms with Crippen LogP contribution in [0.15, 0.2) is 55.0 Å². The molecule has 0 aliphatic heterocycles. The molecule has 5 spiro atoms. The van der Waals surface area contributed by atoms with Gasteiger partial charge in [0.2, 0.25) is 16.5 Å². The lowest BCUT2D eigenvalue weighted by atomic mass is 9.69. The highest BCUT2D eigenvalue weighted by Crippen LogP contribution is 2.68. The Hall–Kier alpha value is -8.05. The Kier molecular flexibility index (Phi) is 29.1. The molecule has 0 atom stereocenters. The molecule has 618 valence electrons. The van der Waals surface area contributed by atoms with E-state index in [4.69, 9.17) is 60.3 Å². The molecule has 12 fully saturated rings. The number of carbonyl (C=O) groups is 4. The first-order chi connectivity index (χ1) is 53.4. The molecule has 18 rings (SSSR count). The van der Waals surface area contributed by atoms with E-state index in [1.165, 1.54) is 133 Å². The van der Waals surface area contributed by atoms with Gasteiger partial charge in [-0.1, -0.05) is 11.6 Å². The molecule has 12 saturated carbocycles. The minimum atomic E-state index is -0.480. The van der Waals surface area contributed by atoms with Crippen molar-refractivity contribution in [2.45, 2.75) is 281 Å². The molecule has 6 heterocycles. The molecule has 0 radical (unpaired) electrons. The molecule has 0 bridgehead atoms. The molecule has 12 aliphatic rings. The second kappa shape index (κ2) is 37.7. The third-order valence-corrected chi connectivity index (χ3v) is 25.0. The molecule has 16 N–H and O–H groups in total. The highest BCUT2D eigenvalue weighted by Gasteiger charge is 2.57. The van der Waals surface area contributed by atoms with E-state index in [1.807, 2.05) is 73.8 Å². The van der Waals surface area contributed by atoms with Gasteiger partial charge in [-0.05, 0) is 297 Å². The first kappa shape index (κ1) is 87.3. The normalized spacial score (nSPS) is 24.6. The molecule has 6 aromatic rings. The summed E-state index contributed by atoms with van der Waals surface area (Å²) < 4.78 is 15.3. The summed E-state index contributed by atoms with van der Waals surface area (Å²) in [7, 11) is 5.51. The van der Waals surface area contributed by atoms with Crippen LogP contribution in [-0.4, -0.2) is 146 Å². The number of esters is 1. The van der Waals surface area contributed by atoms with Crippen molar-refractivity contribution in [3.63, 3.8) is 0 Å². The lowest BCUT2D eigenvalue weighted by molar-refractivity contribution is -0.150. The number of amides is 2. The van der Waals surface area contributed by atoms with E-state index in [9.17, 15) is 19.2 Å². The van der Waals surface area contributed by atoms with Crippen LogP contribution in [0.3, 0.4) is 0 Å². The zero-order chi connectivity index (χ0) is 80.2. The summed E-state index contributed by atoms with van der Waals surface area (Å²) in [6, 6.07) is 14.6. The number of nitrogen functional groups attached to an aromatic ring is 1. The van der Waals surface area contributed by atoms with Crippen molar-refractivity contribution in [3.05, 3.63) is 87.8 Å². The number of alkyl carbamates (subject to hydrolysis) is 2. The molecule has 12 aliphatic carbocycles. The number of nitrogens with one attached hydrogen (secondary N) is 8. The quantitative estimate of drug-likeness (QED) is 0.0114. The number of nitriles is 1. The number of hydrogen-bond acceptors (Lipinski definition) is 24. The highest BCUT2D eigenvalue weighted by molar-refractivity contribution is 6.31. The van der Waals surface area contributed by atoms with Crippen molar-refractivity contribution in [2.75, 3.05) is 42.5 Å². The van der Waals surface area contributed by atoms with Crippen LogP contribution in [0.25, 0.3) is 0 Å². The van der Waals surface area contributed by atoms with Crippen molar-refractivity contribution >= 4 is 93.8 Å². The summed E-state index contributed by atoms with van der Waals surface area (Å²) in [6.07, 6.45) is 38.6. The number of ether oxygens (including phenoxy) is 3. The highest BCUT2D eigenvalue weighted by atomic mass is 35.5. The maximum Gasteiger partial charge on any atom is 0.407 e. The zero-order valence-corrected chi connectivity index (χ0v) is 69.3. The lowest BCUT2D eigenvalue weighted by Gasteiger charge is -2.35. The first-order valence-electron chi connectivity index (χ1n) is 40.0. The van der Waals surface area contributed by atoms with E-state index in [-0.39, 0.29) is 70.3 Å². The van der Waals surface area contributed by atoms with Crippen molar-refractivity contribution in [1.82, 2.24) is 76.4 Å². The number of methoxy groups -OCH3 is 1. The Bertz CT molecular complexity index is 4100. The minimum Gasteiger partial charge on any atom is -0.469 e. The molecule has 113 heavy (non-hydrogen) atoms. The first-order valence-corrected chi connectivity index (χ1v) is 41.1. The lowest BCUT2D eigenvalue weighted by Crippen LogP contribution is -2.44. The Morgan fingerprint density at radius 3 is 1.32 bits per heavy atom. The van der Waals surface area contributed by atoms with Gasteiger partial charge in [0.15, 0.2) is 11.6 Å². The zero-order valence-electron chi connectivity index (χ0n) is 67.0. The van der Waals surface area contributed by atoms with Crippen LogP contribution in [0.5, 0.6) is 0 Å². The fraction of sp³-hybridized carbons (Fsp3) is 0.675. The van der Waals surface area contributed by atoms with Gasteiger partial charge in [-0.3, -0.25) is 36.6 Å². The van der Waals surface area contributed by atoms with Crippen LogP contribution in [0.2, 0.25) is 15.7 Å². The van der Waals surface area contributed by atoms with Gasteiger partial charge < -0.3 is 56.9 Å². The Labute approximate surface area is 678 Å². The molecule has 30 nitrogen and oxygen atoms in total. The second-order valence-electron chi connectivity index (χ2n) is 35.6. The maximum absolute atomic E-state index is 12.1. The molecular weight excluding hydrogens is 1500 g/mol. The van der Waals surface area contributed by atoms with Crippen LogP contribution < -0.4 is 48.9 Å². The summed E-state index contributed by atoms with van der Waals surface area (Å²) in [5.41, 5.74) is 11.7. The van der Waals surface area contributed by atoms with E-state index in [0.29, 0.717) is 68.3 Å². The molecule has 33 heteroatoms. The Balaban J connectivity index is 0.000000147. The number of ketones is 1. The molecule has 2 amide bonds. The van der Waals surface area contributed by atoms with E-state index < -0.39 is 11.2 Å². The van der Waals surface area contributed by atoms with E-state index in [1.54, 1.807) is 24.5 Å². The number of rotatable bonds is 15. The summed E-state index contributed by atoms with van der Waals surface area (Å²) in [5, 5.41) is 46.7. The average molecular weight is 1620 g/mol. The van der Waals surface area contributed by atoms with Gasteiger partial charge in [-0.2, -0.15) is 25.5 Å². The number of aromatic nitrogens is 12. The van der Waals surface area contributed by atoms with Gasteiger partial charge in [0.1, 0.15) is 39.6 Å². The van der Waals surface area contributed by atoms with Crippen molar-refractivity contribution in [2.24, 2.45) is 50.6 Å². The second-order valence-corrected chi connectivity index (χ2v) is 36.7. The van der Waals surface area contributed by atoms with Crippen LogP contribution in [0.4, 0.5) is 44.6 Å². The number of carbonyl (C=O) groups excluding carboxylic acids is 4. The monoisotopic (exact) mass is 1620 g/mol. The van der Waals surface area contributed by atoms with E-state index in [2.05, 4.69) is 116 Å². The smallest absolute Gasteiger partial charge is 0.407 e. The fourth-order valence-corrected chi connectivity index (χ4v) is 17.4. The Morgan fingerprint density at radius 2 is 0.938 bits per heavy atom. The molecule has 0 unspecified atom stereocenters. The largest absolute Gasteiger partial charge is 0.469 e. The van der Waals surface area contributed by atoms with Crippen molar-refractivity contribution < 1.29 is 38.9 Å².